The van der Waals surface area contributed by atoms with Crippen LogP contribution in [0.4, 0.5) is 0 Å². The van der Waals surface area contributed by atoms with Gasteiger partial charge in [0, 0.05) is 10.6 Å². The van der Waals surface area contributed by atoms with Crippen molar-refractivity contribution in [2.45, 2.75) is 13.5 Å². The Morgan fingerprint density at radius 3 is 2.56 bits per heavy atom. The van der Waals surface area contributed by atoms with E-state index < -0.39 is 0 Å². The molecule has 0 saturated carbocycles. The summed E-state index contributed by atoms with van der Waals surface area (Å²) in [4.78, 5) is 13.1. The minimum Gasteiger partial charge on any atom is -0.481 e. The first-order valence-corrected chi connectivity index (χ1v) is 9.00. The van der Waals surface area contributed by atoms with E-state index in [2.05, 4.69) is 0 Å². The van der Waals surface area contributed by atoms with Gasteiger partial charge < -0.3 is 9.15 Å². The van der Waals surface area contributed by atoms with Crippen LogP contribution in [0.15, 0.2) is 82.0 Å². The first kappa shape index (κ1) is 17.4. The zero-order valence-electron chi connectivity index (χ0n) is 14.7. The average molecular weight is 377 g/mol. The summed E-state index contributed by atoms with van der Waals surface area (Å²) in [5, 5.41) is 0.883. The summed E-state index contributed by atoms with van der Waals surface area (Å²) in [6, 6.07) is 22.5. The Kier molecular flexibility index (Phi) is 4.69. The molecule has 0 fully saturated rings. The lowest BCUT2D eigenvalue weighted by molar-refractivity contribution is 0.298. The van der Waals surface area contributed by atoms with Crippen LogP contribution in [0.5, 0.6) is 5.75 Å². The van der Waals surface area contributed by atoms with Gasteiger partial charge in [-0.25, -0.2) is 0 Å². The van der Waals surface area contributed by atoms with Crippen molar-refractivity contribution in [2.24, 2.45) is 0 Å². The van der Waals surface area contributed by atoms with Crippen molar-refractivity contribution in [3.05, 3.63) is 99.2 Å². The van der Waals surface area contributed by atoms with Crippen LogP contribution >= 0.6 is 11.6 Å². The predicted octanol–water partition coefficient (Wildman–Crippen LogP) is 6.00. The Bertz CT molecular complexity index is 1160. The maximum atomic E-state index is 13.1. The van der Waals surface area contributed by atoms with E-state index in [1.807, 2.05) is 61.5 Å². The zero-order chi connectivity index (χ0) is 18.8. The summed E-state index contributed by atoms with van der Waals surface area (Å²) in [7, 11) is 0. The quantitative estimate of drug-likeness (QED) is 0.438. The highest BCUT2D eigenvalue weighted by atomic mass is 35.5. The Labute approximate surface area is 161 Å². The zero-order valence-corrected chi connectivity index (χ0v) is 15.5. The summed E-state index contributed by atoms with van der Waals surface area (Å²) >= 11 is 6.07. The van der Waals surface area contributed by atoms with E-state index in [9.17, 15) is 4.79 Å². The predicted molar refractivity (Wildman–Crippen MR) is 108 cm³/mol. The number of hydrogen-bond acceptors (Lipinski definition) is 3. The van der Waals surface area contributed by atoms with Gasteiger partial charge in [-0.3, -0.25) is 4.79 Å². The molecule has 1 heterocycles. The Morgan fingerprint density at radius 2 is 1.78 bits per heavy atom. The normalized spacial score (nSPS) is 10.9. The molecule has 4 rings (SSSR count). The molecule has 0 spiro atoms. The van der Waals surface area contributed by atoms with E-state index in [1.165, 1.54) is 0 Å². The highest BCUT2D eigenvalue weighted by Gasteiger charge is 2.18. The van der Waals surface area contributed by atoms with Crippen molar-refractivity contribution in [3.8, 4) is 17.1 Å². The third-order valence-corrected chi connectivity index (χ3v) is 4.55. The lowest BCUT2D eigenvalue weighted by Crippen LogP contribution is -2.10. The van der Waals surface area contributed by atoms with Crippen LogP contribution in [0, 0.1) is 6.92 Å². The van der Waals surface area contributed by atoms with Gasteiger partial charge in [-0.05, 0) is 30.7 Å². The molecule has 0 N–H and O–H groups in total. The van der Waals surface area contributed by atoms with Gasteiger partial charge in [0.2, 0.25) is 11.2 Å². The molecular weight excluding hydrogens is 360 g/mol. The molecule has 0 radical (unpaired) electrons. The maximum Gasteiger partial charge on any atom is 0.235 e. The second kappa shape index (κ2) is 7.29. The molecule has 4 heteroatoms. The van der Waals surface area contributed by atoms with Crippen LogP contribution < -0.4 is 10.2 Å². The molecule has 0 aliphatic heterocycles. The molecule has 0 bridgehead atoms. The standard InChI is InChI=1S/C23H17ClO3/c1-15-6-5-7-16(12-15)14-26-23-21(25)19-13-18(24)10-11-20(19)27-22(23)17-8-3-2-4-9-17/h2-13H,14H2,1H3. The van der Waals surface area contributed by atoms with Crippen molar-refractivity contribution in [1.29, 1.82) is 0 Å². The topological polar surface area (TPSA) is 39.4 Å². The van der Waals surface area contributed by atoms with Crippen molar-refractivity contribution in [2.75, 3.05) is 0 Å². The van der Waals surface area contributed by atoms with E-state index in [0.717, 1.165) is 16.7 Å². The molecule has 0 saturated heterocycles. The van der Waals surface area contributed by atoms with E-state index >= 15 is 0 Å². The Balaban J connectivity index is 1.85. The van der Waals surface area contributed by atoms with Gasteiger partial charge in [0.1, 0.15) is 12.2 Å². The largest absolute Gasteiger partial charge is 0.481 e. The number of aryl methyl sites for hydroxylation is 1. The summed E-state index contributed by atoms with van der Waals surface area (Å²) in [6.07, 6.45) is 0. The molecule has 0 atom stereocenters. The molecular formula is C23H17ClO3. The van der Waals surface area contributed by atoms with Gasteiger partial charge in [0.25, 0.3) is 0 Å². The number of rotatable bonds is 4. The van der Waals surface area contributed by atoms with E-state index in [4.69, 9.17) is 20.8 Å². The van der Waals surface area contributed by atoms with Gasteiger partial charge >= 0.3 is 0 Å². The number of fused-ring (bicyclic) bond motifs is 1. The van der Waals surface area contributed by atoms with Crippen LogP contribution in [-0.4, -0.2) is 0 Å². The molecule has 1 aromatic heterocycles. The number of hydrogen-bond donors (Lipinski definition) is 0. The van der Waals surface area contributed by atoms with Crippen molar-refractivity contribution >= 4 is 22.6 Å². The minimum atomic E-state index is -0.231. The molecule has 0 amide bonds. The second-order valence-electron chi connectivity index (χ2n) is 6.37. The lowest BCUT2D eigenvalue weighted by atomic mass is 10.1. The first-order valence-electron chi connectivity index (χ1n) is 8.62. The van der Waals surface area contributed by atoms with E-state index in [1.54, 1.807) is 18.2 Å². The van der Waals surface area contributed by atoms with E-state index in [-0.39, 0.29) is 17.8 Å². The fourth-order valence-electron chi connectivity index (χ4n) is 3.02. The highest BCUT2D eigenvalue weighted by Crippen LogP contribution is 2.32. The minimum absolute atomic E-state index is 0.192. The molecule has 0 unspecified atom stereocenters. The lowest BCUT2D eigenvalue weighted by Gasteiger charge is -2.12. The first-order chi connectivity index (χ1) is 13.1. The van der Waals surface area contributed by atoms with Crippen molar-refractivity contribution < 1.29 is 9.15 Å². The Hall–Kier alpha value is -3.04. The number of ether oxygens (including phenoxy) is 1. The van der Waals surface area contributed by atoms with E-state index in [0.29, 0.717) is 21.8 Å². The summed E-state index contributed by atoms with van der Waals surface area (Å²) in [5.41, 5.74) is 3.15. The smallest absolute Gasteiger partial charge is 0.235 e. The summed E-state index contributed by atoms with van der Waals surface area (Å²) in [5.74, 6) is 0.612. The monoisotopic (exact) mass is 376 g/mol. The molecule has 3 nitrogen and oxygen atoms in total. The van der Waals surface area contributed by atoms with Gasteiger partial charge in [-0.15, -0.1) is 0 Å². The Morgan fingerprint density at radius 1 is 0.963 bits per heavy atom. The van der Waals surface area contributed by atoms with Crippen molar-refractivity contribution in [1.82, 2.24) is 0 Å². The van der Waals surface area contributed by atoms with Gasteiger partial charge in [-0.1, -0.05) is 71.8 Å². The third kappa shape index (κ3) is 3.60. The fraction of sp³-hybridized carbons (Fsp3) is 0.0870. The van der Waals surface area contributed by atoms with Crippen LogP contribution in [0.3, 0.4) is 0 Å². The van der Waals surface area contributed by atoms with Gasteiger partial charge in [-0.2, -0.15) is 0 Å². The van der Waals surface area contributed by atoms with Crippen LogP contribution in [-0.2, 0) is 6.61 Å². The maximum absolute atomic E-state index is 13.1. The van der Waals surface area contributed by atoms with Crippen LogP contribution in [0.1, 0.15) is 11.1 Å². The molecule has 3 aromatic carbocycles. The van der Waals surface area contributed by atoms with Crippen molar-refractivity contribution in [3.63, 3.8) is 0 Å². The molecule has 27 heavy (non-hydrogen) atoms. The third-order valence-electron chi connectivity index (χ3n) is 4.31. The summed E-state index contributed by atoms with van der Waals surface area (Å²) in [6.45, 7) is 2.30. The fourth-order valence-corrected chi connectivity index (χ4v) is 3.19. The van der Waals surface area contributed by atoms with Crippen LogP contribution in [0.25, 0.3) is 22.3 Å². The highest BCUT2D eigenvalue weighted by molar-refractivity contribution is 6.31. The number of benzene rings is 3. The molecule has 0 aliphatic carbocycles. The SMILES string of the molecule is Cc1cccc(COc2c(-c3ccccc3)oc3ccc(Cl)cc3c2=O)c1. The van der Waals surface area contributed by atoms with Gasteiger partial charge in [0.05, 0.1) is 5.39 Å². The molecule has 0 aliphatic rings. The van der Waals surface area contributed by atoms with Crippen LogP contribution in [0.2, 0.25) is 5.02 Å². The average Bonchev–Trinajstić information content (AvgIpc) is 2.68. The number of halogens is 1. The molecule has 134 valence electrons. The second-order valence-corrected chi connectivity index (χ2v) is 6.81. The summed E-state index contributed by atoms with van der Waals surface area (Å²) < 4.78 is 12.0. The molecule has 4 aromatic rings. The van der Waals surface area contributed by atoms with Gasteiger partial charge in [0.15, 0.2) is 5.76 Å².